The Morgan fingerprint density at radius 1 is 0.949 bits per heavy atom. The van der Waals surface area contributed by atoms with Gasteiger partial charge >= 0.3 is 0 Å². The summed E-state index contributed by atoms with van der Waals surface area (Å²) in [5.74, 6) is 1.83. The Bertz CT molecular complexity index is 1450. The summed E-state index contributed by atoms with van der Waals surface area (Å²) in [4.78, 5) is 12.5. The van der Waals surface area contributed by atoms with Crippen molar-refractivity contribution in [2.45, 2.75) is 5.16 Å². The zero-order valence-electron chi connectivity index (χ0n) is 21.7. The summed E-state index contributed by atoms with van der Waals surface area (Å²) in [6.45, 7) is 0. The maximum atomic E-state index is 12.5. The number of ether oxygens (including phenoxy) is 4. The van der Waals surface area contributed by atoms with Crippen molar-refractivity contribution in [3.05, 3.63) is 66.2 Å². The lowest BCUT2D eigenvalue weighted by atomic mass is 10.1. The molecule has 202 valence electrons. The van der Waals surface area contributed by atoms with E-state index in [1.807, 2.05) is 34.9 Å². The van der Waals surface area contributed by atoms with Gasteiger partial charge in [0.25, 0.3) is 5.91 Å². The van der Waals surface area contributed by atoms with Gasteiger partial charge in [-0.25, -0.2) is 5.43 Å². The summed E-state index contributed by atoms with van der Waals surface area (Å²) in [6.07, 6.45) is 1.34. The fourth-order valence-electron chi connectivity index (χ4n) is 3.71. The highest BCUT2D eigenvalue weighted by atomic mass is 32.2. The van der Waals surface area contributed by atoms with Crippen molar-refractivity contribution >= 4 is 23.9 Å². The Morgan fingerprint density at radius 2 is 1.64 bits per heavy atom. The molecule has 0 aliphatic carbocycles. The van der Waals surface area contributed by atoms with Crippen LogP contribution in [-0.4, -0.2) is 66.2 Å². The third kappa shape index (κ3) is 6.07. The van der Waals surface area contributed by atoms with Gasteiger partial charge in [0.15, 0.2) is 34.0 Å². The zero-order chi connectivity index (χ0) is 27.8. The van der Waals surface area contributed by atoms with Gasteiger partial charge < -0.3 is 24.1 Å². The third-order valence-electron chi connectivity index (χ3n) is 5.55. The number of thioether (sulfide) groups is 1. The molecule has 3 aromatic carbocycles. The maximum absolute atomic E-state index is 12.5. The number of nitrogens with zero attached hydrogens (tertiary/aromatic N) is 4. The lowest BCUT2D eigenvalue weighted by Crippen LogP contribution is -2.20. The van der Waals surface area contributed by atoms with Crippen LogP contribution in [0.5, 0.6) is 28.7 Å². The average Bonchev–Trinajstić information content (AvgIpc) is 3.40. The van der Waals surface area contributed by atoms with Crippen LogP contribution in [-0.2, 0) is 4.79 Å². The van der Waals surface area contributed by atoms with Crippen molar-refractivity contribution in [3.63, 3.8) is 0 Å². The summed E-state index contributed by atoms with van der Waals surface area (Å²) in [5.41, 5.74) is 4.35. The predicted molar refractivity (Wildman–Crippen MR) is 148 cm³/mol. The van der Waals surface area contributed by atoms with Crippen LogP contribution in [0.25, 0.3) is 17.1 Å². The molecule has 0 saturated carbocycles. The van der Waals surface area contributed by atoms with Crippen LogP contribution in [0.3, 0.4) is 0 Å². The van der Waals surface area contributed by atoms with Gasteiger partial charge in [-0.3, -0.25) is 9.36 Å². The molecule has 0 saturated heterocycles. The number of carbonyl (C=O) groups excluding carboxylic acids is 1. The fourth-order valence-corrected chi connectivity index (χ4v) is 4.46. The summed E-state index contributed by atoms with van der Waals surface area (Å²) in [6, 6.07) is 18.1. The molecule has 2 N–H and O–H groups in total. The number of aromatic hydroxyl groups is 1. The van der Waals surface area contributed by atoms with Crippen molar-refractivity contribution in [2.75, 3.05) is 34.2 Å². The molecule has 0 fully saturated rings. The van der Waals surface area contributed by atoms with Crippen LogP contribution in [0.1, 0.15) is 5.56 Å². The van der Waals surface area contributed by atoms with Crippen LogP contribution in [0.2, 0.25) is 0 Å². The van der Waals surface area contributed by atoms with Crippen LogP contribution < -0.4 is 24.4 Å². The smallest absolute Gasteiger partial charge is 0.250 e. The standard InChI is InChI=1S/C27H27N5O6S/c1-35-20-12-8-9-17(24(20)34)15-28-29-23(33)16-39-27-31-30-26(32(27)19-10-6-5-7-11-19)18-13-21(36-2)25(38-4)22(14-18)37-3/h5-15,34H,16H2,1-4H3,(H,29,33)/b28-15-. The van der Waals surface area contributed by atoms with Gasteiger partial charge in [0.2, 0.25) is 5.75 Å². The lowest BCUT2D eigenvalue weighted by Gasteiger charge is -2.15. The fraction of sp³-hybridized carbons (Fsp3) is 0.185. The normalized spacial score (nSPS) is 10.9. The van der Waals surface area contributed by atoms with Crippen LogP contribution in [0, 0.1) is 0 Å². The van der Waals surface area contributed by atoms with E-state index in [9.17, 15) is 9.90 Å². The van der Waals surface area contributed by atoms with Gasteiger partial charge in [-0.15, -0.1) is 10.2 Å². The number of methoxy groups -OCH3 is 4. The van der Waals surface area contributed by atoms with E-state index in [1.54, 1.807) is 44.6 Å². The number of rotatable bonds is 11. The molecular weight excluding hydrogens is 522 g/mol. The molecule has 0 spiro atoms. The Hall–Kier alpha value is -4.71. The lowest BCUT2D eigenvalue weighted by molar-refractivity contribution is -0.118. The average molecular weight is 550 g/mol. The molecule has 1 heterocycles. The van der Waals surface area contributed by atoms with E-state index >= 15 is 0 Å². The number of amides is 1. The Balaban J connectivity index is 1.58. The summed E-state index contributed by atoms with van der Waals surface area (Å²) >= 11 is 1.20. The molecule has 4 aromatic rings. The van der Waals surface area contributed by atoms with E-state index in [4.69, 9.17) is 18.9 Å². The number of aromatic nitrogens is 3. The van der Waals surface area contributed by atoms with E-state index in [1.165, 1.54) is 32.2 Å². The number of hydrogen-bond acceptors (Lipinski definition) is 10. The molecule has 0 aliphatic rings. The number of nitrogens with one attached hydrogen (secondary N) is 1. The van der Waals surface area contributed by atoms with Crippen molar-refractivity contribution in [1.29, 1.82) is 0 Å². The van der Waals surface area contributed by atoms with Gasteiger partial charge in [0.05, 0.1) is 40.4 Å². The number of benzene rings is 3. The number of phenols is 1. The van der Waals surface area contributed by atoms with Crippen LogP contribution >= 0.6 is 11.8 Å². The van der Waals surface area contributed by atoms with Crippen molar-refractivity contribution in [2.24, 2.45) is 5.10 Å². The van der Waals surface area contributed by atoms with E-state index in [-0.39, 0.29) is 17.4 Å². The number of phenolic OH excluding ortho intramolecular Hbond substituents is 1. The van der Waals surface area contributed by atoms with E-state index in [0.29, 0.717) is 45.1 Å². The van der Waals surface area contributed by atoms with Crippen molar-refractivity contribution < 1.29 is 28.8 Å². The van der Waals surface area contributed by atoms with E-state index in [2.05, 4.69) is 20.7 Å². The minimum absolute atomic E-state index is 0.0155. The Kier molecular flexibility index (Phi) is 8.90. The molecule has 1 amide bonds. The molecule has 12 heteroatoms. The number of hydrazone groups is 1. The molecule has 39 heavy (non-hydrogen) atoms. The maximum Gasteiger partial charge on any atom is 0.250 e. The summed E-state index contributed by atoms with van der Waals surface area (Å²) in [7, 11) is 6.08. The Labute approximate surface area is 229 Å². The highest BCUT2D eigenvalue weighted by Gasteiger charge is 2.21. The molecule has 1 aromatic heterocycles. The van der Waals surface area contributed by atoms with Crippen LogP contribution in [0.4, 0.5) is 0 Å². The molecule has 0 aliphatic heterocycles. The molecule has 0 atom stereocenters. The number of hydrogen-bond donors (Lipinski definition) is 2. The van der Waals surface area contributed by atoms with Gasteiger partial charge in [-0.2, -0.15) is 5.10 Å². The van der Waals surface area contributed by atoms with Gasteiger partial charge in [-0.1, -0.05) is 36.0 Å². The van der Waals surface area contributed by atoms with Crippen molar-refractivity contribution in [1.82, 2.24) is 20.2 Å². The predicted octanol–water partition coefficient (Wildman–Crippen LogP) is 3.92. The minimum atomic E-state index is -0.365. The first-order chi connectivity index (χ1) is 19.0. The zero-order valence-corrected chi connectivity index (χ0v) is 22.6. The number of para-hydroxylation sites is 2. The topological polar surface area (TPSA) is 129 Å². The monoisotopic (exact) mass is 549 g/mol. The first-order valence-electron chi connectivity index (χ1n) is 11.6. The second-order valence-electron chi connectivity index (χ2n) is 7.87. The van der Waals surface area contributed by atoms with Crippen molar-refractivity contribution in [3.8, 4) is 45.8 Å². The first kappa shape index (κ1) is 27.3. The second-order valence-corrected chi connectivity index (χ2v) is 8.81. The van der Waals surface area contributed by atoms with E-state index < -0.39 is 0 Å². The summed E-state index contributed by atoms with van der Waals surface area (Å²) < 4.78 is 23.4. The minimum Gasteiger partial charge on any atom is -0.504 e. The van der Waals surface area contributed by atoms with Crippen LogP contribution in [0.15, 0.2) is 70.9 Å². The first-order valence-corrected chi connectivity index (χ1v) is 12.6. The summed E-state index contributed by atoms with van der Waals surface area (Å²) in [5, 5.41) is 23.4. The highest BCUT2D eigenvalue weighted by Crippen LogP contribution is 2.41. The second kappa shape index (κ2) is 12.7. The van der Waals surface area contributed by atoms with Gasteiger partial charge in [0.1, 0.15) is 0 Å². The molecule has 11 nitrogen and oxygen atoms in total. The largest absolute Gasteiger partial charge is 0.504 e. The molecular formula is C27H27N5O6S. The molecule has 0 bridgehead atoms. The van der Waals surface area contributed by atoms with Gasteiger partial charge in [-0.05, 0) is 36.4 Å². The molecule has 0 unspecified atom stereocenters. The third-order valence-corrected chi connectivity index (χ3v) is 6.48. The highest BCUT2D eigenvalue weighted by molar-refractivity contribution is 7.99. The van der Waals surface area contributed by atoms with E-state index in [0.717, 1.165) is 5.69 Å². The van der Waals surface area contributed by atoms with Gasteiger partial charge in [0, 0.05) is 16.8 Å². The molecule has 4 rings (SSSR count). The SMILES string of the molecule is COc1cccc(/C=N\NC(=O)CSc2nnc(-c3cc(OC)c(OC)c(OC)c3)n2-c2ccccc2)c1O. The molecule has 0 radical (unpaired) electrons. The Morgan fingerprint density at radius 3 is 2.28 bits per heavy atom. The quantitative estimate of drug-likeness (QED) is 0.162. The number of carbonyl (C=O) groups is 1.